The number of rotatable bonds is 8. The molecule has 3 rings (SSSR count). The maximum atomic E-state index is 13.7. The Morgan fingerprint density at radius 1 is 0.971 bits per heavy atom. The maximum absolute atomic E-state index is 13.7. The second kappa shape index (κ2) is 12.1. The van der Waals surface area contributed by atoms with Gasteiger partial charge in [-0.05, 0) is 54.3 Å². The summed E-state index contributed by atoms with van der Waals surface area (Å²) < 4.78 is 27.5. The molecule has 2 aromatic carbocycles. The van der Waals surface area contributed by atoms with Crippen molar-refractivity contribution in [3.8, 4) is 5.75 Å². The summed E-state index contributed by atoms with van der Waals surface area (Å²) in [6, 6.07) is 12.3. The van der Waals surface area contributed by atoms with Crippen LogP contribution in [0.5, 0.6) is 5.75 Å². The van der Waals surface area contributed by atoms with Crippen molar-refractivity contribution in [3.63, 3.8) is 0 Å². The van der Waals surface area contributed by atoms with E-state index in [0.717, 1.165) is 36.9 Å². The van der Waals surface area contributed by atoms with Gasteiger partial charge in [0, 0.05) is 31.1 Å². The topological polar surface area (TPSA) is 77.8 Å². The maximum Gasteiger partial charge on any atom is 0.179 e. The summed E-state index contributed by atoms with van der Waals surface area (Å²) in [6.07, 6.45) is 4.14. The molecule has 2 N–H and O–H groups in total. The Morgan fingerprint density at radius 2 is 1.53 bits per heavy atom. The number of aromatic hydroxyl groups is 1. The molecule has 2 aromatic rings. The van der Waals surface area contributed by atoms with Gasteiger partial charge in [0.25, 0.3) is 0 Å². The molecule has 0 unspecified atom stereocenters. The molecule has 1 heterocycles. The van der Waals surface area contributed by atoms with E-state index in [1.165, 1.54) is 0 Å². The average Bonchev–Trinajstić information content (AvgIpc) is 2.83. The highest BCUT2D eigenvalue weighted by molar-refractivity contribution is 7.91. The van der Waals surface area contributed by atoms with Crippen LogP contribution in [0, 0.1) is 5.41 Å². The SMILES string of the molecule is C.C.CCCCC1(CCCC)CS(=O)(=O)c2ccc(N(C)C)cc2[C@@H](c2ccc(O)cc2)[C@H]1O. The van der Waals surface area contributed by atoms with Crippen molar-refractivity contribution in [2.75, 3.05) is 24.7 Å². The van der Waals surface area contributed by atoms with Crippen molar-refractivity contribution in [2.45, 2.75) is 84.1 Å². The van der Waals surface area contributed by atoms with Gasteiger partial charge in [-0.3, -0.25) is 0 Å². The number of phenols is 1. The molecule has 0 bridgehead atoms. The van der Waals surface area contributed by atoms with E-state index in [0.29, 0.717) is 23.3 Å². The zero-order valence-electron chi connectivity index (χ0n) is 19.7. The Kier molecular flexibility index (Phi) is 10.6. The zero-order chi connectivity index (χ0) is 23.5. The Labute approximate surface area is 207 Å². The fourth-order valence-electron chi connectivity index (χ4n) is 5.07. The number of sulfone groups is 1. The van der Waals surface area contributed by atoms with Crippen LogP contribution in [-0.2, 0) is 9.84 Å². The molecule has 2 atom stereocenters. The van der Waals surface area contributed by atoms with E-state index in [9.17, 15) is 18.6 Å². The lowest BCUT2D eigenvalue weighted by Gasteiger charge is -2.40. The molecular weight excluding hydrogens is 446 g/mol. The highest BCUT2D eigenvalue weighted by Crippen LogP contribution is 2.50. The average molecular weight is 492 g/mol. The van der Waals surface area contributed by atoms with Crippen molar-refractivity contribution in [1.29, 1.82) is 0 Å². The van der Waals surface area contributed by atoms with Crippen LogP contribution < -0.4 is 4.90 Å². The first-order valence-corrected chi connectivity index (χ1v) is 13.3. The van der Waals surface area contributed by atoms with Gasteiger partial charge in [0.15, 0.2) is 9.84 Å². The summed E-state index contributed by atoms with van der Waals surface area (Å²) in [7, 11) is 0.245. The normalized spacial score (nSPS) is 20.3. The summed E-state index contributed by atoms with van der Waals surface area (Å²) >= 11 is 0. The number of aliphatic hydroxyl groups is 1. The van der Waals surface area contributed by atoms with Gasteiger partial charge in [-0.25, -0.2) is 8.42 Å². The predicted octanol–water partition coefficient (Wildman–Crippen LogP) is 6.38. The van der Waals surface area contributed by atoms with Crippen molar-refractivity contribution >= 4 is 15.5 Å². The monoisotopic (exact) mass is 491 g/mol. The van der Waals surface area contributed by atoms with Crippen molar-refractivity contribution in [1.82, 2.24) is 0 Å². The Morgan fingerprint density at radius 3 is 2.03 bits per heavy atom. The largest absolute Gasteiger partial charge is 0.508 e. The van der Waals surface area contributed by atoms with Crippen LogP contribution >= 0.6 is 0 Å². The van der Waals surface area contributed by atoms with Crippen molar-refractivity contribution in [3.05, 3.63) is 53.6 Å². The smallest absolute Gasteiger partial charge is 0.179 e. The lowest BCUT2D eigenvalue weighted by atomic mass is 9.68. The molecule has 0 saturated heterocycles. The minimum Gasteiger partial charge on any atom is -0.508 e. The van der Waals surface area contributed by atoms with Crippen LogP contribution in [0.1, 0.15) is 84.3 Å². The van der Waals surface area contributed by atoms with E-state index in [-0.39, 0.29) is 26.4 Å². The molecule has 0 fully saturated rings. The van der Waals surface area contributed by atoms with E-state index in [4.69, 9.17) is 0 Å². The molecule has 192 valence electrons. The minimum atomic E-state index is -3.60. The second-order valence-corrected chi connectivity index (χ2v) is 11.4. The second-order valence-electron chi connectivity index (χ2n) is 9.46. The lowest BCUT2D eigenvalue weighted by Crippen LogP contribution is -2.43. The van der Waals surface area contributed by atoms with Gasteiger partial charge in [0.05, 0.1) is 16.8 Å². The highest BCUT2D eigenvalue weighted by atomic mass is 32.2. The van der Waals surface area contributed by atoms with Crippen LogP contribution in [0.15, 0.2) is 47.4 Å². The standard InChI is InChI=1S/C26H37NO4S.2CH4/c1-5-7-15-26(16-8-6-2)18-32(30,31)23-14-11-20(27(3)4)17-22(23)24(25(26)29)19-9-12-21(28)13-10-19;;/h9-14,17,24-25,28-29H,5-8,15-16,18H2,1-4H3;2*1H4/t24-,25-;;/m1../s1. The highest BCUT2D eigenvalue weighted by Gasteiger charge is 2.49. The van der Waals surface area contributed by atoms with Crippen LogP contribution in [-0.4, -0.2) is 44.6 Å². The van der Waals surface area contributed by atoms with E-state index in [1.54, 1.807) is 30.3 Å². The third kappa shape index (κ3) is 5.95. The molecule has 0 saturated carbocycles. The zero-order valence-corrected chi connectivity index (χ0v) is 20.5. The summed E-state index contributed by atoms with van der Waals surface area (Å²) in [5.74, 6) is -0.379. The quantitative estimate of drug-likeness (QED) is 0.448. The van der Waals surface area contributed by atoms with Gasteiger partial charge in [-0.1, -0.05) is 66.5 Å². The first kappa shape index (κ1) is 30.0. The first-order chi connectivity index (χ1) is 15.1. The molecule has 34 heavy (non-hydrogen) atoms. The van der Waals surface area contributed by atoms with Gasteiger partial charge < -0.3 is 15.1 Å². The number of benzene rings is 2. The fraction of sp³-hybridized carbons (Fsp3) is 0.571. The Balaban J connectivity index is 0.00000289. The van der Waals surface area contributed by atoms with Gasteiger partial charge >= 0.3 is 0 Å². The van der Waals surface area contributed by atoms with E-state index in [1.807, 2.05) is 31.1 Å². The van der Waals surface area contributed by atoms with E-state index < -0.39 is 27.3 Å². The number of fused-ring (bicyclic) bond motifs is 1. The number of hydrogen-bond donors (Lipinski definition) is 2. The summed E-state index contributed by atoms with van der Waals surface area (Å²) in [5, 5.41) is 21.8. The number of anilines is 1. The van der Waals surface area contributed by atoms with Crippen LogP contribution in [0.2, 0.25) is 0 Å². The summed E-state index contributed by atoms with van der Waals surface area (Å²) in [4.78, 5) is 2.26. The number of aliphatic hydroxyl groups excluding tert-OH is 1. The number of nitrogens with zero attached hydrogens (tertiary/aromatic N) is 1. The molecule has 1 aliphatic rings. The van der Waals surface area contributed by atoms with Gasteiger partial charge in [0.1, 0.15) is 5.75 Å². The molecule has 0 radical (unpaired) electrons. The van der Waals surface area contributed by atoms with Crippen molar-refractivity contribution in [2.24, 2.45) is 5.41 Å². The van der Waals surface area contributed by atoms with E-state index >= 15 is 0 Å². The predicted molar refractivity (Wildman–Crippen MR) is 144 cm³/mol. The van der Waals surface area contributed by atoms with Gasteiger partial charge in [-0.15, -0.1) is 0 Å². The molecule has 0 spiro atoms. The molecule has 6 heteroatoms. The van der Waals surface area contributed by atoms with Crippen LogP contribution in [0.25, 0.3) is 0 Å². The summed E-state index contributed by atoms with van der Waals surface area (Å²) in [6.45, 7) is 4.20. The van der Waals surface area contributed by atoms with Gasteiger partial charge in [0.2, 0.25) is 0 Å². The third-order valence-electron chi connectivity index (χ3n) is 6.91. The third-order valence-corrected chi connectivity index (χ3v) is 8.91. The number of phenolic OH excluding ortho intramolecular Hbond substituents is 1. The Bertz CT molecular complexity index is 1010. The van der Waals surface area contributed by atoms with Crippen molar-refractivity contribution < 1.29 is 18.6 Å². The molecular formula is C28H45NO4S. The van der Waals surface area contributed by atoms with Crippen LogP contribution in [0.3, 0.4) is 0 Å². The van der Waals surface area contributed by atoms with Crippen LogP contribution in [0.4, 0.5) is 5.69 Å². The first-order valence-electron chi connectivity index (χ1n) is 11.7. The molecule has 5 nitrogen and oxygen atoms in total. The molecule has 0 amide bonds. The Hall–Kier alpha value is -2.05. The number of hydrogen-bond acceptors (Lipinski definition) is 5. The molecule has 1 aliphatic heterocycles. The number of unbranched alkanes of at least 4 members (excludes halogenated alkanes) is 2. The minimum absolute atomic E-state index is 0. The molecule has 0 aromatic heterocycles. The fourth-order valence-corrected chi connectivity index (χ4v) is 7.26. The van der Waals surface area contributed by atoms with Gasteiger partial charge in [-0.2, -0.15) is 0 Å². The molecule has 0 aliphatic carbocycles. The summed E-state index contributed by atoms with van der Waals surface area (Å²) in [5.41, 5.74) is 1.64. The lowest BCUT2D eigenvalue weighted by molar-refractivity contribution is 0.0127. The van der Waals surface area contributed by atoms with E-state index in [2.05, 4.69) is 13.8 Å².